The highest BCUT2D eigenvalue weighted by Crippen LogP contribution is 2.33. The van der Waals surface area contributed by atoms with Crippen molar-refractivity contribution in [1.29, 1.82) is 0 Å². The lowest BCUT2D eigenvalue weighted by Crippen LogP contribution is -2.17. The van der Waals surface area contributed by atoms with E-state index in [1.54, 1.807) is 18.2 Å². The van der Waals surface area contributed by atoms with Crippen LogP contribution in [0, 0.1) is 6.92 Å². The number of benzene rings is 3. The highest BCUT2D eigenvalue weighted by molar-refractivity contribution is 7.99. The Morgan fingerprint density at radius 3 is 2.52 bits per heavy atom. The van der Waals surface area contributed by atoms with E-state index in [0.717, 1.165) is 17.1 Å². The monoisotopic (exact) mass is 458 g/mol. The average Bonchev–Trinajstić information content (AvgIpc) is 3.28. The molecule has 3 aromatic carbocycles. The maximum absolute atomic E-state index is 12.7. The molecule has 1 amide bonds. The number of amides is 1. The summed E-state index contributed by atoms with van der Waals surface area (Å²) in [5.41, 5.74) is 3.74. The van der Waals surface area contributed by atoms with Gasteiger partial charge in [0.15, 0.2) is 22.5 Å². The predicted octanol–water partition coefficient (Wildman–Crippen LogP) is 4.74. The molecule has 5 rings (SSSR count). The zero-order valence-electron chi connectivity index (χ0n) is 18.0. The number of aromatic nitrogens is 3. The Balaban J connectivity index is 1.35. The smallest absolute Gasteiger partial charge is 0.234 e. The first-order valence-corrected chi connectivity index (χ1v) is 11.6. The number of nitrogens with zero attached hydrogens (tertiary/aromatic N) is 3. The molecular formula is C25H22N4O3S. The first-order valence-electron chi connectivity index (χ1n) is 10.6. The molecule has 0 spiro atoms. The summed E-state index contributed by atoms with van der Waals surface area (Å²) in [6.07, 6.45) is 0. The maximum Gasteiger partial charge on any atom is 0.234 e. The van der Waals surface area contributed by atoms with Crippen molar-refractivity contribution in [3.05, 3.63) is 78.4 Å². The van der Waals surface area contributed by atoms with Gasteiger partial charge >= 0.3 is 0 Å². The van der Waals surface area contributed by atoms with Crippen molar-refractivity contribution in [1.82, 2.24) is 14.8 Å². The maximum atomic E-state index is 12.7. The quantitative estimate of drug-likeness (QED) is 0.421. The third-order valence-electron chi connectivity index (χ3n) is 5.12. The third-order valence-corrected chi connectivity index (χ3v) is 6.04. The Kier molecular flexibility index (Phi) is 5.99. The third kappa shape index (κ3) is 4.70. The molecule has 0 fully saturated rings. The number of rotatable bonds is 6. The van der Waals surface area contributed by atoms with Crippen LogP contribution in [-0.4, -0.2) is 39.6 Å². The van der Waals surface area contributed by atoms with Gasteiger partial charge in [-0.1, -0.05) is 59.8 Å². The SMILES string of the molecule is Cc1ccc(-c2nnc(SCC(=O)Nc3ccc4c(c3)OCCO4)n2-c2ccccc2)cc1. The number of carbonyl (C=O) groups is 1. The minimum Gasteiger partial charge on any atom is -0.486 e. The number of fused-ring (bicyclic) bond motifs is 1. The van der Waals surface area contributed by atoms with Crippen molar-refractivity contribution in [2.45, 2.75) is 12.1 Å². The fourth-order valence-electron chi connectivity index (χ4n) is 3.51. The summed E-state index contributed by atoms with van der Waals surface area (Å²) in [4.78, 5) is 12.7. The first kappa shape index (κ1) is 21.1. The van der Waals surface area contributed by atoms with E-state index in [4.69, 9.17) is 9.47 Å². The zero-order valence-corrected chi connectivity index (χ0v) is 18.8. The lowest BCUT2D eigenvalue weighted by molar-refractivity contribution is -0.113. The van der Waals surface area contributed by atoms with Crippen LogP contribution in [0.25, 0.3) is 17.1 Å². The van der Waals surface area contributed by atoms with E-state index in [1.165, 1.54) is 17.3 Å². The van der Waals surface area contributed by atoms with E-state index in [2.05, 4.69) is 15.5 Å². The Hall–Kier alpha value is -3.78. The zero-order chi connectivity index (χ0) is 22.6. The van der Waals surface area contributed by atoms with Gasteiger partial charge in [-0.15, -0.1) is 10.2 Å². The Morgan fingerprint density at radius 1 is 0.970 bits per heavy atom. The van der Waals surface area contributed by atoms with Gasteiger partial charge in [0.05, 0.1) is 5.75 Å². The van der Waals surface area contributed by atoms with Crippen LogP contribution >= 0.6 is 11.8 Å². The van der Waals surface area contributed by atoms with Crippen molar-refractivity contribution < 1.29 is 14.3 Å². The van der Waals surface area contributed by atoms with Gasteiger partial charge < -0.3 is 14.8 Å². The van der Waals surface area contributed by atoms with Crippen LogP contribution in [-0.2, 0) is 4.79 Å². The van der Waals surface area contributed by atoms with Crippen LogP contribution in [0.4, 0.5) is 5.69 Å². The molecule has 0 unspecified atom stereocenters. The van der Waals surface area contributed by atoms with Gasteiger partial charge in [0.25, 0.3) is 0 Å². The number of nitrogens with one attached hydrogen (secondary N) is 1. The molecule has 1 aliphatic rings. The topological polar surface area (TPSA) is 78.3 Å². The van der Waals surface area contributed by atoms with Gasteiger partial charge in [-0.05, 0) is 31.2 Å². The van der Waals surface area contributed by atoms with E-state index in [0.29, 0.717) is 35.6 Å². The van der Waals surface area contributed by atoms with Gasteiger partial charge in [0, 0.05) is 23.0 Å². The number of hydrogen-bond acceptors (Lipinski definition) is 6. The molecule has 33 heavy (non-hydrogen) atoms. The Bertz CT molecular complexity index is 1270. The van der Waals surface area contributed by atoms with Gasteiger partial charge in [0.1, 0.15) is 13.2 Å². The molecule has 0 aliphatic carbocycles. The molecule has 7 nitrogen and oxygen atoms in total. The van der Waals surface area contributed by atoms with Crippen LogP contribution in [0.1, 0.15) is 5.56 Å². The molecule has 0 saturated heterocycles. The van der Waals surface area contributed by atoms with Gasteiger partial charge in [-0.25, -0.2) is 0 Å². The molecule has 4 aromatic rings. The fraction of sp³-hybridized carbons (Fsp3) is 0.160. The number of ether oxygens (including phenoxy) is 2. The van der Waals surface area contributed by atoms with Crippen LogP contribution in [0.15, 0.2) is 78.0 Å². The summed E-state index contributed by atoms with van der Waals surface area (Å²) < 4.78 is 13.1. The molecule has 0 bridgehead atoms. The van der Waals surface area contributed by atoms with Crippen molar-refractivity contribution in [2.24, 2.45) is 0 Å². The molecular weight excluding hydrogens is 436 g/mol. The van der Waals surface area contributed by atoms with Gasteiger partial charge in [-0.2, -0.15) is 0 Å². The highest BCUT2D eigenvalue weighted by Gasteiger charge is 2.18. The average molecular weight is 459 g/mol. The number of para-hydroxylation sites is 1. The van der Waals surface area contributed by atoms with Gasteiger partial charge in [-0.3, -0.25) is 9.36 Å². The number of carbonyl (C=O) groups excluding carboxylic acids is 1. The van der Waals surface area contributed by atoms with Crippen LogP contribution in [0.5, 0.6) is 11.5 Å². The molecule has 1 aromatic heterocycles. The number of thioether (sulfide) groups is 1. The van der Waals surface area contributed by atoms with Crippen molar-refractivity contribution in [3.8, 4) is 28.6 Å². The second-order valence-electron chi connectivity index (χ2n) is 7.54. The summed E-state index contributed by atoms with van der Waals surface area (Å²) in [5, 5.41) is 12.4. The molecule has 2 heterocycles. The fourth-order valence-corrected chi connectivity index (χ4v) is 4.26. The van der Waals surface area contributed by atoms with Crippen molar-refractivity contribution in [2.75, 3.05) is 24.3 Å². The van der Waals surface area contributed by atoms with Crippen LogP contribution in [0.3, 0.4) is 0 Å². The van der Waals surface area contributed by atoms with E-state index >= 15 is 0 Å². The van der Waals surface area contributed by atoms with Crippen LogP contribution < -0.4 is 14.8 Å². The summed E-state index contributed by atoms with van der Waals surface area (Å²) in [5.74, 6) is 2.10. The Morgan fingerprint density at radius 2 is 1.73 bits per heavy atom. The first-order chi connectivity index (χ1) is 16.2. The van der Waals surface area contributed by atoms with E-state index in [1.807, 2.05) is 66.1 Å². The summed E-state index contributed by atoms with van der Waals surface area (Å²) in [6.45, 7) is 3.08. The lowest BCUT2D eigenvalue weighted by atomic mass is 10.1. The molecule has 1 N–H and O–H groups in total. The highest BCUT2D eigenvalue weighted by atomic mass is 32.2. The van der Waals surface area contributed by atoms with Crippen LogP contribution in [0.2, 0.25) is 0 Å². The van der Waals surface area contributed by atoms with Crippen molar-refractivity contribution in [3.63, 3.8) is 0 Å². The Labute approximate surface area is 195 Å². The summed E-state index contributed by atoms with van der Waals surface area (Å²) >= 11 is 1.34. The molecule has 1 aliphatic heterocycles. The second-order valence-corrected chi connectivity index (χ2v) is 8.48. The van der Waals surface area contributed by atoms with E-state index in [9.17, 15) is 4.79 Å². The normalized spacial score (nSPS) is 12.4. The molecule has 0 radical (unpaired) electrons. The molecule has 0 atom stereocenters. The minimum absolute atomic E-state index is 0.142. The largest absolute Gasteiger partial charge is 0.486 e. The summed E-state index contributed by atoms with van der Waals surface area (Å²) in [7, 11) is 0. The molecule has 0 saturated carbocycles. The molecule has 8 heteroatoms. The standard InChI is InChI=1S/C25H22N4O3S/c1-17-7-9-18(10-8-17)24-27-28-25(29(24)20-5-3-2-4-6-20)33-16-23(30)26-19-11-12-21-22(15-19)32-14-13-31-21/h2-12,15H,13-14,16H2,1H3,(H,26,30). The molecule has 166 valence electrons. The van der Waals surface area contributed by atoms with E-state index < -0.39 is 0 Å². The van der Waals surface area contributed by atoms with E-state index in [-0.39, 0.29) is 11.7 Å². The summed E-state index contributed by atoms with van der Waals surface area (Å²) in [6, 6.07) is 23.4. The van der Waals surface area contributed by atoms with Gasteiger partial charge in [0.2, 0.25) is 5.91 Å². The lowest BCUT2D eigenvalue weighted by Gasteiger charge is -2.19. The predicted molar refractivity (Wildman–Crippen MR) is 128 cm³/mol. The number of anilines is 1. The number of aryl methyl sites for hydroxylation is 1. The minimum atomic E-state index is -0.142. The second kappa shape index (κ2) is 9.38. The van der Waals surface area contributed by atoms with Crippen molar-refractivity contribution >= 4 is 23.4 Å². The number of hydrogen-bond donors (Lipinski definition) is 1.